The molecule has 0 aliphatic carbocycles. The molecule has 0 unspecified atom stereocenters. The van der Waals surface area contributed by atoms with Gasteiger partial charge in [-0.05, 0) is 40.0 Å². The number of aryl methyl sites for hydroxylation is 1. The largest absolute Gasteiger partial charge is 0.347 e. The minimum atomic E-state index is -0.272. The maximum Gasteiger partial charge on any atom is 0.266 e. The lowest BCUT2D eigenvalue weighted by Crippen LogP contribution is -2.29. The van der Waals surface area contributed by atoms with Gasteiger partial charge in [-0.25, -0.2) is 4.90 Å². The molecule has 23 heavy (non-hydrogen) atoms. The van der Waals surface area contributed by atoms with Crippen molar-refractivity contribution in [2.75, 3.05) is 4.90 Å². The first-order chi connectivity index (χ1) is 11.1. The Hall–Kier alpha value is -2.40. The van der Waals surface area contributed by atoms with Crippen LogP contribution in [0.5, 0.6) is 0 Å². The summed E-state index contributed by atoms with van der Waals surface area (Å²) in [6, 6.07) is 13.1. The molecule has 114 valence electrons. The normalized spacial score (nSPS) is 13.9. The number of fused-ring (bicyclic) bond motifs is 2. The number of H-pyrrole nitrogens is 1. The number of hydrogen-bond acceptors (Lipinski definition) is 2. The van der Waals surface area contributed by atoms with Crippen LogP contribution >= 0.6 is 15.9 Å². The Bertz CT molecular complexity index is 974. The molecule has 4 rings (SSSR count). The first kappa shape index (κ1) is 14.2. The number of rotatable bonds is 2. The number of benzene rings is 2. The average molecular weight is 369 g/mol. The van der Waals surface area contributed by atoms with E-state index in [-0.39, 0.29) is 11.8 Å². The van der Waals surface area contributed by atoms with Crippen molar-refractivity contribution < 1.29 is 9.59 Å². The molecule has 4 nitrogen and oxygen atoms in total. The summed E-state index contributed by atoms with van der Waals surface area (Å²) < 4.78 is 0.631. The fraction of sp³-hybridized carbons (Fsp3) is 0.111. The zero-order valence-corrected chi connectivity index (χ0v) is 14.0. The standard InChI is InChI=1S/C18H13BrN2O2/c1-2-10-6-5-8-12-14(10)18(23)21(17(12)22)15-11-7-3-4-9-13(11)20-16(15)19/h3-9,20H,2H2,1H3. The monoisotopic (exact) mass is 368 g/mol. The number of carbonyl (C=O) groups is 2. The highest BCUT2D eigenvalue weighted by Crippen LogP contribution is 2.39. The highest BCUT2D eigenvalue weighted by molar-refractivity contribution is 9.10. The number of para-hydroxylation sites is 1. The molecule has 2 aromatic carbocycles. The maximum absolute atomic E-state index is 13.0. The third-order valence-corrected chi connectivity index (χ3v) is 4.81. The lowest BCUT2D eigenvalue weighted by molar-refractivity contribution is 0.0926. The Kier molecular flexibility index (Phi) is 3.13. The summed E-state index contributed by atoms with van der Waals surface area (Å²) in [5.74, 6) is -0.529. The fourth-order valence-corrected chi connectivity index (χ4v) is 3.77. The van der Waals surface area contributed by atoms with Crippen molar-refractivity contribution in [3.8, 4) is 0 Å². The van der Waals surface area contributed by atoms with Gasteiger partial charge in [0.25, 0.3) is 11.8 Å². The molecule has 0 atom stereocenters. The molecule has 0 fully saturated rings. The van der Waals surface area contributed by atoms with Crippen LogP contribution in [0.15, 0.2) is 47.1 Å². The minimum absolute atomic E-state index is 0.257. The molecule has 5 heteroatoms. The Labute approximate surface area is 141 Å². The Morgan fingerprint density at radius 1 is 1.04 bits per heavy atom. The van der Waals surface area contributed by atoms with Gasteiger partial charge in [-0.3, -0.25) is 9.59 Å². The van der Waals surface area contributed by atoms with Crippen molar-refractivity contribution in [1.29, 1.82) is 0 Å². The van der Waals surface area contributed by atoms with Gasteiger partial charge in [-0.1, -0.05) is 37.3 Å². The molecule has 0 radical (unpaired) electrons. The first-order valence-corrected chi connectivity index (χ1v) is 8.19. The van der Waals surface area contributed by atoms with Crippen LogP contribution in [0.25, 0.3) is 10.9 Å². The molecule has 1 aromatic heterocycles. The van der Waals surface area contributed by atoms with E-state index in [2.05, 4.69) is 20.9 Å². The Balaban J connectivity index is 1.96. The highest BCUT2D eigenvalue weighted by atomic mass is 79.9. The van der Waals surface area contributed by atoms with Crippen LogP contribution in [0.4, 0.5) is 5.69 Å². The summed E-state index contributed by atoms with van der Waals surface area (Å²) >= 11 is 3.45. The summed E-state index contributed by atoms with van der Waals surface area (Å²) in [7, 11) is 0. The highest BCUT2D eigenvalue weighted by Gasteiger charge is 2.40. The molecule has 1 aliphatic heterocycles. The number of aromatic amines is 1. The molecular weight excluding hydrogens is 356 g/mol. The SMILES string of the molecule is CCc1cccc2c1C(=O)N(c1c(Br)[nH]c3ccccc13)C2=O. The summed E-state index contributed by atoms with van der Waals surface area (Å²) in [6.07, 6.45) is 0.713. The third-order valence-electron chi connectivity index (χ3n) is 4.24. The van der Waals surface area contributed by atoms with Gasteiger partial charge in [0.1, 0.15) is 4.60 Å². The van der Waals surface area contributed by atoms with E-state index in [9.17, 15) is 9.59 Å². The molecule has 1 aliphatic rings. The summed E-state index contributed by atoms with van der Waals surface area (Å²) in [6.45, 7) is 1.98. The predicted octanol–water partition coefficient (Wildman–Crippen LogP) is 4.29. The number of imide groups is 1. The Morgan fingerprint density at radius 3 is 2.61 bits per heavy atom. The van der Waals surface area contributed by atoms with Gasteiger partial charge in [0, 0.05) is 10.9 Å². The summed E-state index contributed by atoms with van der Waals surface area (Å²) in [4.78, 5) is 30.2. The number of anilines is 1. The lowest BCUT2D eigenvalue weighted by atomic mass is 10.0. The van der Waals surface area contributed by atoms with Gasteiger partial charge >= 0.3 is 0 Å². The molecule has 0 bridgehead atoms. The van der Waals surface area contributed by atoms with E-state index < -0.39 is 0 Å². The van der Waals surface area contributed by atoms with E-state index >= 15 is 0 Å². The molecule has 0 spiro atoms. The van der Waals surface area contributed by atoms with Gasteiger partial charge in [0.2, 0.25) is 0 Å². The molecule has 2 amide bonds. The average Bonchev–Trinajstić information content (AvgIpc) is 3.02. The smallest absolute Gasteiger partial charge is 0.266 e. The van der Waals surface area contributed by atoms with Crippen LogP contribution in [0, 0.1) is 0 Å². The minimum Gasteiger partial charge on any atom is -0.347 e. The molecular formula is C18H13BrN2O2. The summed E-state index contributed by atoms with van der Waals surface area (Å²) in [5.41, 5.74) is 3.36. The number of hydrogen-bond donors (Lipinski definition) is 1. The fourth-order valence-electron chi connectivity index (χ4n) is 3.17. The van der Waals surface area contributed by atoms with E-state index in [1.54, 1.807) is 6.07 Å². The maximum atomic E-state index is 13.0. The van der Waals surface area contributed by atoms with E-state index in [0.29, 0.717) is 27.8 Å². The molecule has 0 saturated carbocycles. The van der Waals surface area contributed by atoms with Gasteiger partial charge in [0.05, 0.1) is 16.8 Å². The van der Waals surface area contributed by atoms with Crippen LogP contribution in [-0.4, -0.2) is 16.8 Å². The van der Waals surface area contributed by atoms with Gasteiger partial charge < -0.3 is 4.98 Å². The predicted molar refractivity (Wildman–Crippen MR) is 93.0 cm³/mol. The molecule has 2 heterocycles. The second-order valence-electron chi connectivity index (χ2n) is 5.47. The summed E-state index contributed by atoms with van der Waals surface area (Å²) in [5, 5.41) is 0.840. The van der Waals surface area contributed by atoms with E-state index in [0.717, 1.165) is 16.5 Å². The molecule has 0 saturated heterocycles. The zero-order valence-electron chi connectivity index (χ0n) is 12.4. The van der Waals surface area contributed by atoms with Gasteiger partial charge in [0.15, 0.2) is 0 Å². The van der Waals surface area contributed by atoms with Crippen molar-refractivity contribution in [2.45, 2.75) is 13.3 Å². The first-order valence-electron chi connectivity index (χ1n) is 7.40. The number of halogens is 1. The molecule has 3 aromatic rings. The van der Waals surface area contributed by atoms with Crippen LogP contribution in [0.3, 0.4) is 0 Å². The van der Waals surface area contributed by atoms with E-state index in [1.165, 1.54) is 4.90 Å². The number of nitrogens with zero attached hydrogens (tertiary/aromatic N) is 1. The van der Waals surface area contributed by atoms with Crippen molar-refractivity contribution >= 4 is 44.3 Å². The second-order valence-corrected chi connectivity index (χ2v) is 6.27. The number of aromatic nitrogens is 1. The topological polar surface area (TPSA) is 53.2 Å². The van der Waals surface area contributed by atoms with Gasteiger partial charge in [-0.2, -0.15) is 0 Å². The van der Waals surface area contributed by atoms with Crippen LogP contribution in [0.2, 0.25) is 0 Å². The number of amides is 2. The van der Waals surface area contributed by atoms with Crippen molar-refractivity contribution in [2.24, 2.45) is 0 Å². The van der Waals surface area contributed by atoms with E-state index in [4.69, 9.17) is 0 Å². The van der Waals surface area contributed by atoms with Crippen LogP contribution < -0.4 is 4.90 Å². The number of carbonyl (C=O) groups excluding carboxylic acids is 2. The lowest BCUT2D eigenvalue weighted by Gasteiger charge is -2.13. The van der Waals surface area contributed by atoms with Crippen molar-refractivity contribution in [3.05, 3.63) is 63.8 Å². The van der Waals surface area contributed by atoms with Gasteiger partial charge in [-0.15, -0.1) is 0 Å². The van der Waals surface area contributed by atoms with Crippen molar-refractivity contribution in [1.82, 2.24) is 4.98 Å². The zero-order chi connectivity index (χ0) is 16.1. The quantitative estimate of drug-likeness (QED) is 0.685. The Morgan fingerprint density at radius 2 is 1.83 bits per heavy atom. The van der Waals surface area contributed by atoms with E-state index in [1.807, 2.05) is 43.3 Å². The third kappa shape index (κ3) is 1.90. The van der Waals surface area contributed by atoms with Crippen molar-refractivity contribution in [3.63, 3.8) is 0 Å². The van der Waals surface area contributed by atoms with Crippen LogP contribution in [-0.2, 0) is 6.42 Å². The van der Waals surface area contributed by atoms with Crippen LogP contribution in [0.1, 0.15) is 33.2 Å². The molecule has 1 N–H and O–H groups in total. The second kappa shape index (κ2) is 5.06. The number of nitrogens with one attached hydrogen (secondary N) is 1.